The molecule has 2 aromatic carbocycles. The predicted octanol–water partition coefficient (Wildman–Crippen LogP) is 4.62. The van der Waals surface area contributed by atoms with Gasteiger partial charge >= 0.3 is 5.97 Å². The molecule has 0 saturated carbocycles. The van der Waals surface area contributed by atoms with Crippen LogP contribution < -0.4 is 10.1 Å². The molecule has 1 amide bonds. The van der Waals surface area contributed by atoms with Crippen molar-refractivity contribution in [3.05, 3.63) is 58.7 Å². The van der Waals surface area contributed by atoms with Crippen molar-refractivity contribution >= 4 is 34.4 Å². The molecule has 0 aliphatic carbocycles. The maximum absolute atomic E-state index is 12.1. The predicted molar refractivity (Wildman–Crippen MR) is 108 cm³/mol. The first-order valence-corrected chi connectivity index (χ1v) is 9.23. The van der Waals surface area contributed by atoms with Gasteiger partial charge in [-0.15, -0.1) is 0 Å². The summed E-state index contributed by atoms with van der Waals surface area (Å²) in [6.07, 6.45) is 0. The van der Waals surface area contributed by atoms with E-state index >= 15 is 0 Å². The molecule has 0 spiro atoms. The highest BCUT2D eigenvalue weighted by atomic mass is 35.5. The summed E-state index contributed by atoms with van der Waals surface area (Å²) >= 11 is 6.13. The Hall–Kier alpha value is -2.99. The van der Waals surface area contributed by atoms with Crippen LogP contribution in [0.1, 0.15) is 29.9 Å². The molecular weight excluding hydrogens is 380 g/mol. The van der Waals surface area contributed by atoms with Gasteiger partial charge in [-0.2, -0.15) is 0 Å². The molecule has 2 N–H and O–H groups in total. The topological polar surface area (TPSA) is 80.6 Å². The summed E-state index contributed by atoms with van der Waals surface area (Å²) in [5, 5.41) is 13.3. The zero-order valence-corrected chi connectivity index (χ0v) is 16.6. The minimum Gasteiger partial charge on any atom is -0.480 e. The van der Waals surface area contributed by atoms with Gasteiger partial charge in [-0.25, -0.2) is 0 Å². The van der Waals surface area contributed by atoms with Crippen LogP contribution >= 0.6 is 11.6 Å². The number of aromatic nitrogens is 1. The summed E-state index contributed by atoms with van der Waals surface area (Å²) in [5.41, 5.74) is 1.95. The standard InChI is InChI=1S/C21H21ClN2O4/c1-12(2)23-21(27)14-4-7-16(8-5-14)28-20-13(3)24(11-19(25)26)18-9-6-15(22)10-17(18)20/h4-10,12H,11H2,1-3H3,(H,23,27)(H,25,26). The smallest absolute Gasteiger partial charge is 0.323 e. The second-order valence-corrected chi connectivity index (χ2v) is 7.25. The van der Waals surface area contributed by atoms with Gasteiger partial charge in [-0.05, 0) is 63.2 Å². The van der Waals surface area contributed by atoms with Gasteiger partial charge in [0.1, 0.15) is 12.3 Å². The zero-order chi connectivity index (χ0) is 20.4. The molecule has 0 aliphatic rings. The van der Waals surface area contributed by atoms with Crippen molar-refractivity contribution in [2.75, 3.05) is 0 Å². The third-order valence-electron chi connectivity index (χ3n) is 4.28. The van der Waals surface area contributed by atoms with Crippen molar-refractivity contribution in [2.24, 2.45) is 0 Å². The van der Waals surface area contributed by atoms with Crippen molar-refractivity contribution in [2.45, 2.75) is 33.4 Å². The zero-order valence-electron chi connectivity index (χ0n) is 15.8. The van der Waals surface area contributed by atoms with Crippen molar-refractivity contribution in [1.82, 2.24) is 9.88 Å². The number of halogens is 1. The minimum atomic E-state index is -0.943. The van der Waals surface area contributed by atoms with E-state index in [-0.39, 0.29) is 18.5 Å². The minimum absolute atomic E-state index is 0.0520. The highest BCUT2D eigenvalue weighted by Crippen LogP contribution is 2.37. The van der Waals surface area contributed by atoms with E-state index in [1.807, 2.05) is 13.8 Å². The van der Waals surface area contributed by atoms with Gasteiger partial charge in [0.05, 0.1) is 11.2 Å². The number of nitrogens with one attached hydrogen (secondary N) is 1. The number of carboxylic acid groups (broad SMARTS) is 1. The lowest BCUT2D eigenvalue weighted by molar-refractivity contribution is -0.137. The molecule has 3 aromatic rings. The first kappa shape index (κ1) is 19.8. The molecule has 7 heteroatoms. The lowest BCUT2D eigenvalue weighted by Crippen LogP contribution is -2.29. The number of nitrogens with zero attached hydrogens (tertiary/aromatic N) is 1. The quantitative estimate of drug-likeness (QED) is 0.632. The van der Waals surface area contributed by atoms with Crippen LogP contribution in [0.3, 0.4) is 0 Å². The first-order valence-electron chi connectivity index (χ1n) is 8.85. The molecule has 1 aromatic heterocycles. The average Bonchev–Trinajstić information content (AvgIpc) is 2.86. The summed E-state index contributed by atoms with van der Waals surface area (Å²) in [6, 6.07) is 12.1. The summed E-state index contributed by atoms with van der Waals surface area (Å²) in [5.74, 6) is -0.0127. The Morgan fingerprint density at radius 1 is 1.18 bits per heavy atom. The molecule has 0 radical (unpaired) electrons. The molecule has 146 valence electrons. The molecule has 0 aliphatic heterocycles. The normalized spacial score (nSPS) is 11.0. The third-order valence-corrected chi connectivity index (χ3v) is 4.51. The van der Waals surface area contributed by atoms with E-state index in [4.69, 9.17) is 16.3 Å². The number of fused-ring (bicyclic) bond motifs is 1. The fraction of sp³-hybridized carbons (Fsp3) is 0.238. The van der Waals surface area contributed by atoms with E-state index in [1.165, 1.54) is 0 Å². The van der Waals surface area contributed by atoms with Crippen LogP contribution in [0, 0.1) is 6.92 Å². The van der Waals surface area contributed by atoms with Gasteiger partial charge in [0.15, 0.2) is 5.75 Å². The molecular formula is C21H21ClN2O4. The van der Waals surface area contributed by atoms with E-state index in [0.717, 1.165) is 10.9 Å². The van der Waals surface area contributed by atoms with Gasteiger partial charge in [0.2, 0.25) is 0 Å². The Morgan fingerprint density at radius 3 is 2.46 bits per heavy atom. The van der Waals surface area contributed by atoms with Gasteiger partial charge in [0, 0.05) is 22.0 Å². The largest absolute Gasteiger partial charge is 0.480 e. The number of ether oxygens (including phenoxy) is 1. The number of hydrogen-bond acceptors (Lipinski definition) is 3. The Morgan fingerprint density at radius 2 is 1.86 bits per heavy atom. The second-order valence-electron chi connectivity index (χ2n) is 6.81. The number of benzene rings is 2. The van der Waals surface area contributed by atoms with Crippen molar-refractivity contribution in [3.8, 4) is 11.5 Å². The first-order chi connectivity index (χ1) is 13.3. The monoisotopic (exact) mass is 400 g/mol. The van der Waals surface area contributed by atoms with Crippen LogP contribution in [0.2, 0.25) is 5.02 Å². The highest BCUT2D eigenvalue weighted by Gasteiger charge is 2.18. The average molecular weight is 401 g/mol. The van der Waals surface area contributed by atoms with E-state index in [9.17, 15) is 14.7 Å². The Bertz CT molecular complexity index is 1040. The molecule has 0 bridgehead atoms. The SMILES string of the molecule is Cc1c(Oc2ccc(C(=O)NC(C)C)cc2)c2cc(Cl)ccc2n1CC(=O)O. The summed E-state index contributed by atoms with van der Waals surface area (Å²) < 4.78 is 7.73. The third kappa shape index (κ3) is 4.12. The number of carbonyl (C=O) groups is 2. The number of carbonyl (C=O) groups excluding carboxylic acids is 1. The van der Waals surface area contributed by atoms with Crippen LogP contribution in [0.15, 0.2) is 42.5 Å². The summed E-state index contributed by atoms with van der Waals surface area (Å²) in [7, 11) is 0. The Labute approximate surface area is 167 Å². The number of carboxylic acids is 1. The fourth-order valence-electron chi connectivity index (χ4n) is 3.03. The van der Waals surface area contributed by atoms with Crippen LogP contribution in [0.25, 0.3) is 10.9 Å². The Kier molecular flexibility index (Phi) is 5.61. The van der Waals surface area contributed by atoms with Gasteiger partial charge in [0.25, 0.3) is 5.91 Å². The number of hydrogen-bond donors (Lipinski definition) is 2. The van der Waals surface area contributed by atoms with E-state index < -0.39 is 5.97 Å². The molecule has 0 saturated heterocycles. The molecule has 0 atom stereocenters. The van der Waals surface area contributed by atoms with Gasteiger partial charge in [-0.1, -0.05) is 11.6 Å². The van der Waals surface area contributed by atoms with E-state index in [0.29, 0.717) is 27.8 Å². The van der Waals surface area contributed by atoms with Crippen molar-refractivity contribution in [3.63, 3.8) is 0 Å². The van der Waals surface area contributed by atoms with Crippen molar-refractivity contribution < 1.29 is 19.4 Å². The summed E-state index contributed by atoms with van der Waals surface area (Å²) in [4.78, 5) is 23.3. The molecule has 0 fully saturated rings. The highest BCUT2D eigenvalue weighted by molar-refractivity contribution is 6.31. The van der Waals surface area contributed by atoms with Gasteiger partial charge in [-0.3, -0.25) is 9.59 Å². The fourth-order valence-corrected chi connectivity index (χ4v) is 3.20. The summed E-state index contributed by atoms with van der Waals surface area (Å²) in [6.45, 7) is 5.42. The number of amides is 1. The van der Waals surface area contributed by atoms with Crippen LogP contribution in [-0.4, -0.2) is 27.6 Å². The van der Waals surface area contributed by atoms with E-state index in [1.54, 1.807) is 54.0 Å². The second kappa shape index (κ2) is 7.94. The molecule has 3 rings (SSSR count). The Balaban J connectivity index is 1.96. The molecule has 28 heavy (non-hydrogen) atoms. The maximum Gasteiger partial charge on any atom is 0.323 e. The van der Waals surface area contributed by atoms with Crippen LogP contribution in [-0.2, 0) is 11.3 Å². The lowest BCUT2D eigenvalue weighted by Gasteiger charge is -2.10. The van der Waals surface area contributed by atoms with Crippen LogP contribution in [0.5, 0.6) is 11.5 Å². The number of rotatable bonds is 6. The number of aliphatic carboxylic acids is 1. The molecule has 6 nitrogen and oxygen atoms in total. The molecule has 1 heterocycles. The maximum atomic E-state index is 12.1. The van der Waals surface area contributed by atoms with Crippen LogP contribution in [0.4, 0.5) is 0 Å². The van der Waals surface area contributed by atoms with E-state index in [2.05, 4.69) is 5.32 Å². The molecule has 0 unspecified atom stereocenters. The van der Waals surface area contributed by atoms with Crippen molar-refractivity contribution in [1.29, 1.82) is 0 Å². The van der Waals surface area contributed by atoms with Gasteiger partial charge < -0.3 is 19.7 Å². The lowest BCUT2D eigenvalue weighted by atomic mass is 10.2.